The summed E-state index contributed by atoms with van der Waals surface area (Å²) < 4.78 is 0. The lowest BCUT2D eigenvalue weighted by atomic mass is 10.1. The number of carboxylic acid groups (broad SMARTS) is 1. The van der Waals surface area contributed by atoms with E-state index >= 15 is 0 Å². The van der Waals surface area contributed by atoms with Gasteiger partial charge in [-0.25, -0.2) is 4.79 Å². The third kappa shape index (κ3) is 2.46. The number of aromatic carboxylic acids is 1. The number of amides is 1. The van der Waals surface area contributed by atoms with E-state index in [9.17, 15) is 9.59 Å². The summed E-state index contributed by atoms with van der Waals surface area (Å²) in [6.07, 6.45) is 1.60. The second kappa shape index (κ2) is 5.08. The first kappa shape index (κ1) is 12.9. The zero-order chi connectivity index (χ0) is 14.8. The number of H-pyrrole nitrogens is 2. The van der Waals surface area contributed by atoms with Gasteiger partial charge in [-0.05, 0) is 24.3 Å². The van der Waals surface area contributed by atoms with Crippen molar-refractivity contribution in [1.82, 2.24) is 25.7 Å². The number of aromatic nitrogens is 4. The Kier molecular flexibility index (Phi) is 3.11. The molecule has 0 radical (unpaired) electrons. The van der Waals surface area contributed by atoms with Gasteiger partial charge in [0.1, 0.15) is 0 Å². The number of fused-ring (bicyclic) bond motifs is 1. The molecule has 0 atom stereocenters. The predicted octanol–water partition coefficient (Wildman–Crippen LogP) is 0.914. The number of rotatable bonds is 4. The SMILES string of the molecule is O=C(NCc1ccn[nH]1)c1ccc2[nH]nc(C(=O)O)c2c1. The molecule has 106 valence electrons. The molecule has 2 heterocycles. The first-order chi connectivity index (χ1) is 10.1. The van der Waals surface area contributed by atoms with Crippen LogP contribution in [0.3, 0.4) is 0 Å². The molecule has 8 heteroatoms. The van der Waals surface area contributed by atoms with Crippen molar-refractivity contribution in [3.8, 4) is 0 Å². The molecule has 2 aromatic heterocycles. The van der Waals surface area contributed by atoms with E-state index in [1.54, 1.807) is 24.4 Å². The summed E-state index contributed by atoms with van der Waals surface area (Å²) in [6, 6.07) is 6.49. The molecule has 1 aromatic carbocycles. The number of hydrogen-bond acceptors (Lipinski definition) is 4. The van der Waals surface area contributed by atoms with Gasteiger partial charge in [0.05, 0.1) is 17.8 Å². The monoisotopic (exact) mass is 285 g/mol. The van der Waals surface area contributed by atoms with Crippen LogP contribution in [0.1, 0.15) is 26.5 Å². The predicted molar refractivity (Wildman–Crippen MR) is 72.8 cm³/mol. The second-order valence-corrected chi connectivity index (χ2v) is 4.40. The Morgan fingerprint density at radius 3 is 2.81 bits per heavy atom. The van der Waals surface area contributed by atoms with Gasteiger partial charge in [0.2, 0.25) is 0 Å². The number of aromatic amines is 2. The summed E-state index contributed by atoms with van der Waals surface area (Å²) in [5, 5.41) is 25.0. The Balaban J connectivity index is 1.84. The van der Waals surface area contributed by atoms with Crippen LogP contribution in [0.2, 0.25) is 0 Å². The van der Waals surface area contributed by atoms with Crippen molar-refractivity contribution in [3.63, 3.8) is 0 Å². The van der Waals surface area contributed by atoms with E-state index in [-0.39, 0.29) is 11.6 Å². The summed E-state index contributed by atoms with van der Waals surface area (Å²) in [5.41, 5.74) is 1.61. The van der Waals surface area contributed by atoms with Crippen LogP contribution < -0.4 is 5.32 Å². The number of carbonyl (C=O) groups excluding carboxylic acids is 1. The maximum Gasteiger partial charge on any atom is 0.357 e. The number of benzene rings is 1. The van der Waals surface area contributed by atoms with Gasteiger partial charge in [-0.15, -0.1) is 0 Å². The van der Waals surface area contributed by atoms with E-state index in [0.29, 0.717) is 23.0 Å². The van der Waals surface area contributed by atoms with E-state index in [2.05, 4.69) is 25.7 Å². The van der Waals surface area contributed by atoms with E-state index in [1.165, 1.54) is 6.07 Å². The minimum Gasteiger partial charge on any atom is -0.476 e. The zero-order valence-electron chi connectivity index (χ0n) is 10.8. The van der Waals surface area contributed by atoms with E-state index in [4.69, 9.17) is 5.11 Å². The van der Waals surface area contributed by atoms with Gasteiger partial charge in [0.25, 0.3) is 5.91 Å². The van der Waals surface area contributed by atoms with Gasteiger partial charge in [0.15, 0.2) is 5.69 Å². The minimum atomic E-state index is -1.14. The number of hydrogen-bond donors (Lipinski definition) is 4. The molecular weight excluding hydrogens is 274 g/mol. The number of nitrogens with zero attached hydrogens (tertiary/aromatic N) is 2. The molecule has 3 rings (SSSR count). The average molecular weight is 285 g/mol. The summed E-state index contributed by atoms with van der Waals surface area (Å²) in [7, 11) is 0. The van der Waals surface area contributed by atoms with Crippen LogP contribution in [-0.4, -0.2) is 37.4 Å². The Bertz CT molecular complexity index is 806. The molecule has 0 fully saturated rings. The highest BCUT2D eigenvalue weighted by Gasteiger charge is 2.15. The Labute approximate surface area is 118 Å². The first-order valence-corrected chi connectivity index (χ1v) is 6.13. The van der Waals surface area contributed by atoms with Gasteiger partial charge in [-0.2, -0.15) is 10.2 Å². The fraction of sp³-hybridized carbons (Fsp3) is 0.0769. The van der Waals surface area contributed by atoms with Crippen molar-refractivity contribution >= 4 is 22.8 Å². The third-order valence-corrected chi connectivity index (χ3v) is 3.03. The summed E-state index contributed by atoms with van der Waals surface area (Å²) >= 11 is 0. The molecule has 0 aliphatic rings. The molecule has 8 nitrogen and oxygen atoms in total. The third-order valence-electron chi connectivity index (χ3n) is 3.03. The number of nitrogens with one attached hydrogen (secondary N) is 3. The maximum absolute atomic E-state index is 12.1. The summed E-state index contributed by atoms with van der Waals surface area (Å²) in [6.45, 7) is 0.314. The first-order valence-electron chi connectivity index (χ1n) is 6.13. The van der Waals surface area contributed by atoms with Crippen molar-refractivity contribution in [2.45, 2.75) is 6.54 Å². The van der Waals surface area contributed by atoms with E-state index in [1.807, 2.05) is 0 Å². The largest absolute Gasteiger partial charge is 0.476 e. The van der Waals surface area contributed by atoms with E-state index < -0.39 is 5.97 Å². The molecule has 4 N–H and O–H groups in total. The van der Waals surface area contributed by atoms with E-state index in [0.717, 1.165) is 5.69 Å². The average Bonchev–Trinajstić information content (AvgIpc) is 3.13. The standard InChI is InChI=1S/C13H11N5O3/c19-12(14-6-8-3-4-15-16-8)7-1-2-10-9(5-7)11(13(20)21)18-17-10/h1-5H,6H2,(H,14,19)(H,15,16)(H,17,18)(H,20,21). The van der Waals surface area contributed by atoms with Crippen LogP contribution in [0.15, 0.2) is 30.5 Å². The zero-order valence-corrected chi connectivity index (χ0v) is 10.8. The smallest absolute Gasteiger partial charge is 0.357 e. The maximum atomic E-state index is 12.1. The lowest BCUT2D eigenvalue weighted by Crippen LogP contribution is -2.22. The van der Waals surface area contributed by atoms with Crippen molar-refractivity contribution in [2.75, 3.05) is 0 Å². The highest BCUT2D eigenvalue weighted by molar-refractivity contribution is 6.04. The second-order valence-electron chi connectivity index (χ2n) is 4.40. The minimum absolute atomic E-state index is 0.104. The Morgan fingerprint density at radius 2 is 2.10 bits per heavy atom. The molecule has 0 aliphatic carbocycles. The van der Waals surface area contributed by atoms with Crippen molar-refractivity contribution in [3.05, 3.63) is 47.4 Å². The van der Waals surface area contributed by atoms with Gasteiger partial charge < -0.3 is 10.4 Å². The highest BCUT2D eigenvalue weighted by atomic mass is 16.4. The van der Waals surface area contributed by atoms with Gasteiger partial charge in [-0.3, -0.25) is 15.0 Å². The molecule has 3 aromatic rings. The van der Waals surface area contributed by atoms with Crippen LogP contribution in [0.4, 0.5) is 0 Å². The molecule has 0 spiro atoms. The quantitative estimate of drug-likeness (QED) is 0.567. The van der Waals surface area contributed by atoms with Crippen molar-refractivity contribution in [1.29, 1.82) is 0 Å². The number of carboxylic acids is 1. The van der Waals surface area contributed by atoms with Crippen molar-refractivity contribution < 1.29 is 14.7 Å². The molecule has 21 heavy (non-hydrogen) atoms. The lowest BCUT2D eigenvalue weighted by molar-refractivity contribution is 0.0692. The molecule has 0 aliphatic heterocycles. The fourth-order valence-corrected chi connectivity index (χ4v) is 1.98. The molecule has 0 saturated carbocycles. The van der Waals surface area contributed by atoms with Crippen molar-refractivity contribution in [2.24, 2.45) is 0 Å². The van der Waals surface area contributed by atoms with Crippen LogP contribution in [0.5, 0.6) is 0 Å². The van der Waals surface area contributed by atoms with Crippen LogP contribution in [0, 0.1) is 0 Å². The summed E-state index contributed by atoms with van der Waals surface area (Å²) in [5.74, 6) is -1.44. The lowest BCUT2D eigenvalue weighted by Gasteiger charge is -2.04. The summed E-state index contributed by atoms with van der Waals surface area (Å²) in [4.78, 5) is 23.1. The van der Waals surface area contributed by atoms with Gasteiger partial charge >= 0.3 is 5.97 Å². The van der Waals surface area contributed by atoms with Gasteiger partial charge in [0, 0.05) is 17.1 Å². The highest BCUT2D eigenvalue weighted by Crippen LogP contribution is 2.17. The molecular formula is C13H11N5O3. The van der Waals surface area contributed by atoms with Crippen LogP contribution in [-0.2, 0) is 6.54 Å². The Hall–Kier alpha value is -3.16. The normalized spacial score (nSPS) is 10.7. The molecule has 1 amide bonds. The van der Waals surface area contributed by atoms with Gasteiger partial charge in [-0.1, -0.05) is 0 Å². The van der Waals surface area contributed by atoms with Crippen LogP contribution >= 0.6 is 0 Å². The Morgan fingerprint density at radius 1 is 1.24 bits per heavy atom. The molecule has 0 unspecified atom stereocenters. The van der Waals surface area contributed by atoms with Crippen LogP contribution in [0.25, 0.3) is 10.9 Å². The fourth-order valence-electron chi connectivity index (χ4n) is 1.98. The number of carbonyl (C=O) groups is 2. The molecule has 0 saturated heterocycles. The molecule has 0 bridgehead atoms. The topological polar surface area (TPSA) is 124 Å².